The number of benzene rings is 1. The summed E-state index contributed by atoms with van der Waals surface area (Å²) in [6.07, 6.45) is 5.71. The SMILES string of the molecule is Cc1cc(Cl)c2ncc(C#N)c(NC3CC(N(CC(=O)O)CC4CC4)C3)c2c1. The number of fused-ring (bicyclic) bond motifs is 1. The van der Waals surface area contributed by atoms with Crippen molar-refractivity contribution in [1.82, 2.24) is 9.88 Å². The maximum Gasteiger partial charge on any atom is 0.317 e. The van der Waals surface area contributed by atoms with Crippen LogP contribution in [0.15, 0.2) is 18.3 Å². The van der Waals surface area contributed by atoms with Gasteiger partial charge in [-0.25, -0.2) is 0 Å². The van der Waals surface area contributed by atoms with Crippen LogP contribution in [0.5, 0.6) is 0 Å². The van der Waals surface area contributed by atoms with E-state index in [4.69, 9.17) is 11.6 Å². The molecule has 2 aromatic rings. The molecule has 0 aliphatic heterocycles. The van der Waals surface area contributed by atoms with Crippen LogP contribution in [0.4, 0.5) is 5.69 Å². The van der Waals surface area contributed by atoms with Gasteiger partial charge in [0.2, 0.25) is 0 Å². The largest absolute Gasteiger partial charge is 0.480 e. The number of aliphatic carboxylic acids is 1. The van der Waals surface area contributed by atoms with Crippen LogP contribution < -0.4 is 5.32 Å². The number of pyridine rings is 1. The smallest absolute Gasteiger partial charge is 0.317 e. The van der Waals surface area contributed by atoms with Crippen LogP contribution >= 0.6 is 11.6 Å². The Morgan fingerprint density at radius 3 is 2.82 bits per heavy atom. The van der Waals surface area contributed by atoms with Crippen molar-refractivity contribution in [3.05, 3.63) is 34.5 Å². The van der Waals surface area contributed by atoms with Gasteiger partial charge < -0.3 is 10.4 Å². The molecule has 0 amide bonds. The Bertz CT molecular complexity index is 961. The fourth-order valence-corrected chi connectivity index (χ4v) is 4.31. The number of nitrogens with zero attached hydrogens (tertiary/aromatic N) is 3. The van der Waals surface area contributed by atoms with E-state index >= 15 is 0 Å². The first kappa shape index (κ1) is 19.0. The minimum absolute atomic E-state index is 0.102. The number of halogens is 1. The molecule has 4 rings (SSSR count). The monoisotopic (exact) mass is 398 g/mol. The quantitative estimate of drug-likeness (QED) is 0.737. The highest BCUT2D eigenvalue weighted by atomic mass is 35.5. The number of rotatable bonds is 7. The van der Waals surface area contributed by atoms with Crippen molar-refractivity contribution in [2.24, 2.45) is 5.92 Å². The Morgan fingerprint density at radius 1 is 1.43 bits per heavy atom. The molecule has 1 aromatic heterocycles. The Morgan fingerprint density at radius 2 is 2.18 bits per heavy atom. The number of nitrogens with one attached hydrogen (secondary N) is 1. The van der Waals surface area contributed by atoms with Crippen LogP contribution in [-0.4, -0.2) is 46.1 Å². The van der Waals surface area contributed by atoms with Crippen LogP contribution in [0.1, 0.15) is 36.8 Å². The molecule has 6 nitrogen and oxygen atoms in total. The number of nitriles is 1. The molecule has 1 heterocycles. The first-order valence-electron chi connectivity index (χ1n) is 9.66. The number of hydrogen-bond acceptors (Lipinski definition) is 5. The summed E-state index contributed by atoms with van der Waals surface area (Å²) >= 11 is 6.35. The highest BCUT2D eigenvalue weighted by Crippen LogP contribution is 2.37. The van der Waals surface area contributed by atoms with Crippen LogP contribution in [0.25, 0.3) is 10.9 Å². The zero-order valence-corrected chi connectivity index (χ0v) is 16.5. The topological polar surface area (TPSA) is 89.3 Å². The van der Waals surface area contributed by atoms with Gasteiger partial charge in [0.25, 0.3) is 0 Å². The zero-order valence-electron chi connectivity index (χ0n) is 15.8. The van der Waals surface area contributed by atoms with Gasteiger partial charge in [0, 0.05) is 30.2 Å². The van der Waals surface area contributed by atoms with Crippen LogP contribution in [0, 0.1) is 24.2 Å². The lowest BCUT2D eigenvalue weighted by Gasteiger charge is -2.43. The third-order valence-electron chi connectivity index (χ3n) is 5.70. The van der Waals surface area contributed by atoms with Crippen molar-refractivity contribution in [2.75, 3.05) is 18.4 Å². The molecule has 0 radical (unpaired) electrons. The average Bonchev–Trinajstić information content (AvgIpc) is 3.40. The fraction of sp³-hybridized carbons (Fsp3) is 0.476. The van der Waals surface area contributed by atoms with Crippen molar-refractivity contribution in [3.63, 3.8) is 0 Å². The molecule has 1 aromatic carbocycles. The average molecular weight is 399 g/mol. The van der Waals surface area contributed by atoms with Gasteiger partial charge in [0.15, 0.2) is 0 Å². The highest BCUT2D eigenvalue weighted by Gasteiger charge is 2.37. The maximum absolute atomic E-state index is 11.2. The van der Waals surface area contributed by atoms with E-state index < -0.39 is 5.97 Å². The van der Waals surface area contributed by atoms with E-state index in [-0.39, 0.29) is 18.6 Å². The third-order valence-corrected chi connectivity index (χ3v) is 5.98. The normalized spacial score (nSPS) is 21.4. The molecule has 7 heteroatoms. The summed E-state index contributed by atoms with van der Waals surface area (Å²) in [6.45, 7) is 2.94. The molecule has 28 heavy (non-hydrogen) atoms. The zero-order chi connectivity index (χ0) is 19.8. The second-order valence-electron chi connectivity index (χ2n) is 8.03. The molecule has 0 saturated heterocycles. The fourth-order valence-electron chi connectivity index (χ4n) is 3.99. The summed E-state index contributed by atoms with van der Waals surface area (Å²) in [5.41, 5.74) is 2.97. The van der Waals surface area contributed by atoms with Gasteiger partial charge in [0.1, 0.15) is 6.07 Å². The number of aromatic nitrogens is 1. The third kappa shape index (κ3) is 3.91. The number of aryl methyl sites for hydroxylation is 1. The van der Waals surface area contributed by atoms with Crippen molar-refractivity contribution in [3.8, 4) is 6.07 Å². The molecular weight excluding hydrogens is 376 g/mol. The first-order valence-corrected chi connectivity index (χ1v) is 10.0. The van der Waals surface area contributed by atoms with E-state index in [2.05, 4.69) is 21.3 Å². The van der Waals surface area contributed by atoms with E-state index in [9.17, 15) is 15.2 Å². The van der Waals surface area contributed by atoms with Crippen molar-refractivity contribution < 1.29 is 9.90 Å². The predicted octanol–water partition coefficient (Wildman–Crippen LogP) is 3.81. The first-order chi connectivity index (χ1) is 13.4. The predicted molar refractivity (Wildman–Crippen MR) is 109 cm³/mol. The number of carboxylic acids is 1. The summed E-state index contributed by atoms with van der Waals surface area (Å²) in [4.78, 5) is 17.7. The number of anilines is 1. The van der Waals surface area contributed by atoms with E-state index in [1.54, 1.807) is 6.20 Å². The van der Waals surface area contributed by atoms with E-state index in [1.165, 1.54) is 12.8 Å². The van der Waals surface area contributed by atoms with Gasteiger partial charge in [-0.05, 0) is 56.2 Å². The Balaban J connectivity index is 1.51. The molecule has 2 aliphatic carbocycles. The number of hydrogen-bond donors (Lipinski definition) is 2. The molecule has 0 unspecified atom stereocenters. The van der Waals surface area contributed by atoms with Crippen molar-refractivity contribution in [2.45, 2.75) is 44.7 Å². The van der Waals surface area contributed by atoms with Crippen LogP contribution in [-0.2, 0) is 4.79 Å². The summed E-state index contributed by atoms with van der Waals surface area (Å²) in [7, 11) is 0. The Kier molecular flexibility index (Phi) is 5.13. The van der Waals surface area contributed by atoms with Crippen LogP contribution in [0.3, 0.4) is 0 Å². The summed E-state index contributed by atoms with van der Waals surface area (Å²) < 4.78 is 0. The molecule has 146 valence electrons. The minimum Gasteiger partial charge on any atom is -0.480 e. The molecule has 2 saturated carbocycles. The Hall–Kier alpha value is -2.36. The van der Waals surface area contributed by atoms with E-state index in [0.29, 0.717) is 22.0 Å². The minimum atomic E-state index is -0.769. The standard InChI is InChI=1S/C21H23ClN4O2/c1-12-4-17-20(14(8-23)9-24-21(17)18(22)5-12)25-15-6-16(7-15)26(11-19(27)28)10-13-2-3-13/h4-5,9,13,15-16H,2-3,6-7,10-11H2,1H3,(H,24,25)(H,27,28). The van der Waals surface area contributed by atoms with E-state index in [0.717, 1.165) is 36.0 Å². The second-order valence-corrected chi connectivity index (χ2v) is 8.44. The number of carboxylic acid groups (broad SMARTS) is 1. The van der Waals surface area contributed by atoms with Gasteiger partial charge in [-0.2, -0.15) is 5.26 Å². The second kappa shape index (κ2) is 7.57. The lowest BCUT2D eigenvalue weighted by Crippen LogP contribution is -2.52. The molecule has 0 spiro atoms. The van der Waals surface area contributed by atoms with E-state index in [1.807, 2.05) is 19.1 Å². The van der Waals surface area contributed by atoms with Crippen molar-refractivity contribution >= 4 is 34.2 Å². The molecule has 2 aliphatic rings. The summed E-state index contributed by atoms with van der Waals surface area (Å²) in [6, 6.07) is 6.57. The lowest BCUT2D eigenvalue weighted by molar-refractivity contribution is -0.139. The lowest BCUT2D eigenvalue weighted by atomic mass is 9.84. The molecule has 0 bridgehead atoms. The molecule has 2 N–H and O–H groups in total. The summed E-state index contributed by atoms with van der Waals surface area (Å²) in [5, 5.41) is 23.7. The maximum atomic E-state index is 11.2. The highest BCUT2D eigenvalue weighted by molar-refractivity contribution is 6.35. The van der Waals surface area contributed by atoms with Crippen LogP contribution in [0.2, 0.25) is 5.02 Å². The Labute approximate surface area is 169 Å². The van der Waals surface area contributed by atoms with Gasteiger partial charge in [-0.3, -0.25) is 14.7 Å². The molecule has 0 atom stereocenters. The molecular formula is C21H23ClN4O2. The van der Waals surface area contributed by atoms with Crippen molar-refractivity contribution in [1.29, 1.82) is 5.26 Å². The molecule has 2 fully saturated rings. The van der Waals surface area contributed by atoms with Gasteiger partial charge in [-0.15, -0.1) is 0 Å². The van der Waals surface area contributed by atoms with Gasteiger partial charge in [0.05, 0.1) is 28.3 Å². The summed E-state index contributed by atoms with van der Waals surface area (Å²) in [5.74, 6) is -0.111. The number of carbonyl (C=O) groups is 1. The van der Waals surface area contributed by atoms with Gasteiger partial charge >= 0.3 is 5.97 Å². The van der Waals surface area contributed by atoms with Gasteiger partial charge in [-0.1, -0.05) is 11.6 Å².